The van der Waals surface area contributed by atoms with E-state index in [1.54, 1.807) is 18.2 Å². The van der Waals surface area contributed by atoms with Crippen molar-refractivity contribution >= 4 is 23.2 Å². The fourth-order valence-electron chi connectivity index (χ4n) is 6.38. The molecule has 0 unspecified atom stereocenters. The van der Waals surface area contributed by atoms with Gasteiger partial charge in [0.2, 0.25) is 0 Å². The van der Waals surface area contributed by atoms with Gasteiger partial charge in [0.15, 0.2) is 11.5 Å². The molecule has 0 spiro atoms. The minimum absolute atomic E-state index is 0.0125. The van der Waals surface area contributed by atoms with E-state index in [0.29, 0.717) is 57.6 Å². The second kappa shape index (κ2) is 16.3. The Hall–Kier alpha value is -5.10. The predicted octanol–water partition coefficient (Wildman–Crippen LogP) is 14.3. The third-order valence-electron chi connectivity index (χ3n) is 9.52. The first-order valence-electron chi connectivity index (χ1n) is 18.4. The van der Waals surface area contributed by atoms with Crippen molar-refractivity contribution < 1.29 is 24.1 Å². The van der Waals surface area contributed by atoms with E-state index >= 15 is 0 Å². The number of hydrogen-bond donors (Lipinski definition) is 1. The lowest BCUT2D eigenvalue weighted by molar-refractivity contribution is 0.233. The fraction of sp³-hybridized carbons (Fsp3) is 0.250. The maximum Gasteiger partial charge on any atom is 0.169 e. The summed E-state index contributed by atoms with van der Waals surface area (Å²) in [6, 6.07) is 42.2. The molecule has 55 heavy (non-hydrogen) atoms. The minimum atomic E-state index is -0.488. The summed E-state index contributed by atoms with van der Waals surface area (Å²) in [6.45, 7) is 15.5. The van der Waals surface area contributed by atoms with Crippen molar-refractivity contribution in [3.8, 4) is 46.0 Å². The van der Waals surface area contributed by atoms with Crippen LogP contribution in [0.1, 0.15) is 70.7 Å². The zero-order chi connectivity index (χ0) is 39.4. The van der Waals surface area contributed by atoms with E-state index in [4.69, 9.17) is 42.1 Å². The van der Waals surface area contributed by atoms with Crippen molar-refractivity contribution in [3.05, 3.63) is 166 Å². The van der Waals surface area contributed by atoms with Crippen LogP contribution in [0, 0.1) is 0 Å². The molecule has 1 N–H and O–H groups in total. The Morgan fingerprint density at radius 2 is 1.11 bits per heavy atom. The van der Waals surface area contributed by atoms with Gasteiger partial charge >= 0.3 is 0 Å². The summed E-state index contributed by atoms with van der Waals surface area (Å²) in [6.07, 6.45) is 0.641. The molecule has 5 nitrogen and oxygen atoms in total. The van der Waals surface area contributed by atoms with Gasteiger partial charge in [0, 0.05) is 27.1 Å². The zero-order valence-electron chi connectivity index (χ0n) is 32.5. The molecule has 0 aliphatic rings. The SMILES string of the molecule is CC(C)(C)c1cc(CC(C)(C)c2cc(Oc3ccccc3)c(O)cc2OCC(C)(C)c2cccc(Oc3ccc(Cl)cc3)c2)cc(Oc2cccc(Cl)c2)c1. The normalized spacial score (nSPS) is 11.9. The first-order valence-corrected chi connectivity index (χ1v) is 19.1. The molecule has 0 aliphatic heterocycles. The number of phenols is 1. The van der Waals surface area contributed by atoms with Crippen LogP contribution in [-0.2, 0) is 22.7 Å². The molecular formula is C48H48Cl2O5. The molecule has 0 radical (unpaired) electrons. The van der Waals surface area contributed by atoms with Crippen LogP contribution in [0.25, 0.3) is 0 Å². The molecule has 0 amide bonds. The third-order valence-corrected chi connectivity index (χ3v) is 10.0. The highest BCUT2D eigenvalue weighted by Crippen LogP contribution is 2.44. The van der Waals surface area contributed by atoms with Gasteiger partial charge in [-0.25, -0.2) is 0 Å². The van der Waals surface area contributed by atoms with Gasteiger partial charge < -0.3 is 24.1 Å². The Bertz CT molecular complexity index is 2240. The predicted molar refractivity (Wildman–Crippen MR) is 225 cm³/mol. The van der Waals surface area contributed by atoms with Crippen molar-refractivity contribution in [1.29, 1.82) is 0 Å². The molecule has 0 heterocycles. The van der Waals surface area contributed by atoms with Gasteiger partial charge in [0.05, 0.1) is 6.61 Å². The second-order valence-corrected chi connectivity index (χ2v) is 17.1. The van der Waals surface area contributed by atoms with Crippen molar-refractivity contribution in [1.82, 2.24) is 0 Å². The van der Waals surface area contributed by atoms with Crippen LogP contribution in [0.4, 0.5) is 0 Å². The molecule has 0 saturated carbocycles. The third kappa shape index (κ3) is 10.4. The van der Waals surface area contributed by atoms with Gasteiger partial charge in [0.1, 0.15) is 34.5 Å². The maximum absolute atomic E-state index is 11.3. The van der Waals surface area contributed by atoms with E-state index in [-0.39, 0.29) is 11.2 Å². The summed E-state index contributed by atoms with van der Waals surface area (Å²) in [5, 5.41) is 12.6. The molecule has 0 bridgehead atoms. The molecule has 0 aliphatic carbocycles. The number of benzene rings is 6. The van der Waals surface area contributed by atoms with Crippen molar-refractivity contribution in [2.75, 3.05) is 6.61 Å². The quantitative estimate of drug-likeness (QED) is 0.127. The van der Waals surface area contributed by atoms with E-state index in [1.165, 1.54) is 0 Å². The van der Waals surface area contributed by atoms with Crippen molar-refractivity contribution in [2.24, 2.45) is 0 Å². The highest BCUT2D eigenvalue weighted by Gasteiger charge is 2.30. The maximum atomic E-state index is 11.3. The van der Waals surface area contributed by atoms with E-state index in [9.17, 15) is 5.11 Å². The molecule has 0 aromatic heterocycles. The number of aromatic hydroxyl groups is 1. The summed E-state index contributed by atoms with van der Waals surface area (Å²) in [5.41, 5.74) is 3.14. The molecule has 0 atom stereocenters. The lowest BCUT2D eigenvalue weighted by Gasteiger charge is -2.32. The first kappa shape index (κ1) is 39.6. The van der Waals surface area contributed by atoms with Crippen molar-refractivity contribution in [3.63, 3.8) is 0 Å². The Morgan fingerprint density at radius 1 is 0.491 bits per heavy atom. The Labute approximate surface area is 335 Å². The van der Waals surface area contributed by atoms with E-state index in [2.05, 4.69) is 72.7 Å². The van der Waals surface area contributed by atoms with Crippen LogP contribution in [0.15, 0.2) is 133 Å². The standard InChI is InChI=1S/C48H48Cl2O5/c1-46(2,3)34-23-32(24-41(26-34)54-40-18-12-14-36(50)27-40)30-47(4,5)42-28-45(55-37-15-9-8-10-16-37)43(51)29-44(42)52-31-48(6,7)33-13-11-17-39(25-33)53-38-21-19-35(49)20-22-38/h8-29,51H,30-31H2,1-7H3. The van der Waals surface area contributed by atoms with Gasteiger partial charge in [-0.3, -0.25) is 0 Å². The van der Waals surface area contributed by atoms with Gasteiger partial charge in [-0.2, -0.15) is 0 Å². The molecule has 6 rings (SSSR count). The second-order valence-electron chi connectivity index (χ2n) is 16.2. The Morgan fingerprint density at radius 3 is 1.80 bits per heavy atom. The summed E-state index contributed by atoms with van der Waals surface area (Å²) < 4.78 is 25.5. The molecule has 7 heteroatoms. The fourth-order valence-corrected chi connectivity index (χ4v) is 6.69. The molecule has 0 fully saturated rings. The van der Waals surface area contributed by atoms with Crippen LogP contribution in [0.5, 0.6) is 46.0 Å². The first-order chi connectivity index (χ1) is 26.0. The number of rotatable bonds is 13. The molecule has 0 saturated heterocycles. The van der Waals surface area contributed by atoms with Gasteiger partial charge in [0.25, 0.3) is 0 Å². The van der Waals surface area contributed by atoms with Crippen molar-refractivity contribution in [2.45, 2.75) is 71.1 Å². The van der Waals surface area contributed by atoms with Crippen LogP contribution >= 0.6 is 23.2 Å². The van der Waals surface area contributed by atoms with Gasteiger partial charge in [-0.1, -0.05) is 114 Å². The zero-order valence-corrected chi connectivity index (χ0v) is 34.0. The van der Waals surface area contributed by atoms with Crippen LogP contribution in [0.3, 0.4) is 0 Å². The summed E-state index contributed by atoms with van der Waals surface area (Å²) in [7, 11) is 0. The molecule has 284 valence electrons. The van der Waals surface area contributed by atoms with Gasteiger partial charge in [-0.05, 0) is 119 Å². The summed E-state index contributed by atoms with van der Waals surface area (Å²) in [4.78, 5) is 0. The smallest absolute Gasteiger partial charge is 0.169 e. The Balaban J connectivity index is 1.33. The monoisotopic (exact) mass is 774 g/mol. The largest absolute Gasteiger partial charge is 0.504 e. The van der Waals surface area contributed by atoms with E-state index in [1.807, 2.05) is 91.0 Å². The molecular weight excluding hydrogens is 727 g/mol. The lowest BCUT2D eigenvalue weighted by atomic mass is 9.77. The molecule has 6 aromatic carbocycles. The minimum Gasteiger partial charge on any atom is -0.504 e. The van der Waals surface area contributed by atoms with Crippen LogP contribution in [0.2, 0.25) is 10.0 Å². The summed E-state index contributed by atoms with van der Waals surface area (Å²) >= 11 is 12.4. The van der Waals surface area contributed by atoms with Gasteiger partial charge in [-0.15, -0.1) is 0 Å². The Kier molecular flexibility index (Phi) is 11.8. The highest BCUT2D eigenvalue weighted by atomic mass is 35.5. The average Bonchev–Trinajstić information content (AvgIpc) is 3.12. The van der Waals surface area contributed by atoms with E-state index < -0.39 is 10.8 Å². The highest BCUT2D eigenvalue weighted by molar-refractivity contribution is 6.30. The number of para-hydroxylation sites is 1. The van der Waals surface area contributed by atoms with E-state index in [0.717, 1.165) is 28.0 Å². The lowest BCUT2D eigenvalue weighted by Crippen LogP contribution is -2.28. The number of halogens is 2. The summed E-state index contributed by atoms with van der Waals surface area (Å²) in [5.74, 6) is 4.36. The van der Waals surface area contributed by atoms with Crippen LogP contribution in [-0.4, -0.2) is 11.7 Å². The number of hydrogen-bond acceptors (Lipinski definition) is 5. The van der Waals surface area contributed by atoms with Crippen LogP contribution < -0.4 is 18.9 Å². The average molecular weight is 776 g/mol. The number of ether oxygens (including phenoxy) is 4. The topological polar surface area (TPSA) is 57.2 Å². The number of phenolic OH excluding ortho intramolecular Hbond substituents is 1. The molecule has 6 aromatic rings.